The highest BCUT2D eigenvalue weighted by molar-refractivity contribution is 7.19. The maximum Gasteiger partial charge on any atom is 0.0960 e. The van der Waals surface area contributed by atoms with Gasteiger partial charge in [0.1, 0.15) is 0 Å². The molecular formula is C16H22OS. The molecule has 2 rings (SSSR count). The van der Waals surface area contributed by atoms with Gasteiger partial charge in [-0.25, -0.2) is 0 Å². The van der Waals surface area contributed by atoms with Gasteiger partial charge in [-0.3, -0.25) is 0 Å². The molecule has 1 atom stereocenters. The Morgan fingerprint density at radius 2 is 1.72 bits per heavy atom. The number of hydrogen-bond acceptors (Lipinski definition) is 2. The van der Waals surface area contributed by atoms with E-state index in [1.165, 1.54) is 10.1 Å². The molecule has 0 radical (unpaired) electrons. The van der Waals surface area contributed by atoms with Gasteiger partial charge in [-0.2, -0.15) is 0 Å². The van der Waals surface area contributed by atoms with Crippen LogP contribution in [0.2, 0.25) is 0 Å². The van der Waals surface area contributed by atoms with Crippen molar-refractivity contribution in [3.05, 3.63) is 35.2 Å². The van der Waals surface area contributed by atoms with Gasteiger partial charge in [0.15, 0.2) is 0 Å². The molecule has 1 N–H and O–H groups in total. The third-order valence-corrected chi connectivity index (χ3v) is 4.69. The van der Waals surface area contributed by atoms with Crippen LogP contribution in [0.25, 0.3) is 10.1 Å². The van der Waals surface area contributed by atoms with Crippen molar-refractivity contribution in [1.82, 2.24) is 0 Å². The van der Waals surface area contributed by atoms with Crippen molar-refractivity contribution in [3.8, 4) is 0 Å². The van der Waals surface area contributed by atoms with Crippen LogP contribution in [0.15, 0.2) is 30.3 Å². The van der Waals surface area contributed by atoms with Gasteiger partial charge in [-0.1, -0.05) is 39.0 Å². The molecule has 0 aliphatic carbocycles. The average molecular weight is 262 g/mol. The Bertz CT molecular complexity index is 498. The van der Waals surface area contributed by atoms with Crippen LogP contribution >= 0.6 is 11.3 Å². The lowest BCUT2D eigenvalue weighted by atomic mass is 9.85. The molecule has 1 heterocycles. The molecular weight excluding hydrogens is 240 g/mol. The fourth-order valence-corrected chi connectivity index (χ4v) is 3.13. The highest BCUT2D eigenvalue weighted by Crippen LogP contribution is 2.37. The van der Waals surface area contributed by atoms with Crippen molar-refractivity contribution in [2.45, 2.75) is 46.1 Å². The van der Waals surface area contributed by atoms with Crippen LogP contribution in [0.1, 0.15) is 45.4 Å². The van der Waals surface area contributed by atoms with Gasteiger partial charge in [0.25, 0.3) is 0 Å². The predicted molar refractivity (Wildman–Crippen MR) is 80.1 cm³/mol. The number of rotatable bonds is 3. The molecule has 0 spiro atoms. The predicted octanol–water partition coefficient (Wildman–Crippen LogP) is 4.94. The van der Waals surface area contributed by atoms with Gasteiger partial charge in [0, 0.05) is 9.58 Å². The van der Waals surface area contributed by atoms with E-state index < -0.39 is 5.60 Å². The largest absolute Gasteiger partial charge is 0.385 e. The summed E-state index contributed by atoms with van der Waals surface area (Å²) >= 11 is 1.70. The molecule has 1 nitrogen and oxygen atoms in total. The average Bonchev–Trinajstić information content (AvgIpc) is 2.70. The fraction of sp³-hybridized carbons (Fsp3) is 0.500. The second-order valence-electron chi connectivity index (χ2n) is 6.48. The standard InChI is InChI=1S/C16H22OS/c1-15(2,3)9-10-16(4,17)14-11-12-7-5-6-8-13(12)18-14/h5-8,11,17H,9-10H2,1-4H3. The zero-order valence-corrected chi connectivity index (χ0v) is 12.5. The van der Waals surface area contributed by atoms with Gasteiger partial charge in [-0.05, 0) is 42.7 Å². The minimum Gasteiger partial charge on any atom is -0.385 e. The highest BCUT2D eigenvalue weighted by atomic mass is 32.1. The summed E-state index contributed by atoms with van der Waals surface area (Å²) in [5.74, 6) is 0. The minimum absolute atomic E-state index is 0.265. The summed E-state index contributed by atoms with van der Waals surface area (Å²) in [7, 11) is 0. The number of benzene rings is 1. The van der Waals surface area contributed by atoms with E-state index in [9.17, 15) is 5.11 Å². The number of fused-ring (bicyclic) bond motifs is 1. The van der Waals surface area contributed by atoms with E-state index in [1.54, 1.807) is 11.3 Å². The van der Waals surface area contributed by atoms with Crippen LogP contribution in [0.3, 0.4) is 0 Å². The van der Waals surface area contributed by atoms with Crippen LogP contribution < -0.4 is 0 Å². The Labute approximate surface area is 113 Å². The summed E-state index contributed by atoms with van der Waals surface area (Å²) in [6.07, 6.45) is 1.83. The normalized spacial score (nSPS) is 15.8. The Balaban J connectivity index is 2.23. The minimum atomic E-state index is -0.711. The molecule has 18 heavy (non-hydrogen) atoms. The monoisotopic (exact) mass is 262 g/mol. The summed E-state index contributed by atoms with van der Waals surface area (Å²) in [5.41, 5.74) is -0.447. The van der Waals surface area contributed by atoms with Gasteiger partial charge >= 0.3 is 0 Å². The summed E-state index contributed by atoms with van der Waals surface area (Å²) in [5, 5.41) is 11.9. The molecule has 2 heteroatoms. The molecule has 1 unspecified atom stereocenters. The van der Waals surface area contributed by atoms with Crippen LogP contribution in [0.4, 0.5) is 0 Å². The molecule has 1 aromatic carbocycles. The summed E-state index contributed by atoms with van der Waals surface area (Å²) in [4.78, 5) is 1.08. The van der Waals surface area contributed by atoms with Crippen molar-refractivity contribution in [1.29, 1.82) is 0 Å². The van der Waals surface area contributed by atoms with Crippen molar-refractivity contribution in [2.24, 2.45) is 5.41 Å². The molecule has 1 aromatic heterocycles. The van der Waals surface area contributed by atoms with E-state index in [2.05, 4.69) is 39.0 Å². The maximum atomic E-state index is 10.7. The SMILES string of the molecule is CC(C)(C)CCC(C)(O)c1cc2ccccc2s1. The first-order valence-corrected chi connectivity index (χ1v) is 7.31. The van der Waals surface area contributed by atoms with Crippen molar-refractivity contribution < 1.29 is 5.11 Å². The Kier molecular flexibility index (Phi) is 3.52. The summed E-state index contributed by atoms with van der Waals surface area (Å²) in [6.45, 7) is 8.58. The quantitative estimate of drug-likeness (QED) is 0.831. The molecule has 0 amide bonds. The van der Waals surface area contributed by atoms with Crippen molar-refractivity contribution in [3.63, 3.8) is 0 Å². The van der Waals surface area contributed by atoms with Crippen LogP contribution in [0.5, 0.6) is 0 Å². The first-order chi connectivity index (χ1) is 8.28. The second-order valence-corrected chi connectivity index (χ2v) is 7.57. The van der Waals surface area contributed by atoms with Gasteiger partial charge < -0.3 is 5.11 Å². The molecule has 0 saturated carbocycles. The smallest absolute Gasteiger partial charge is 0.0960 e. The molecule has 2 aromatic rings. The van der Waals surface area contributed by atoms with Crippen molar-refractivity contribution >= 4 is 21.4 Å². The number of aliphatic hydroxyl groups is 1. The Morgan fingerprint density at radius 3 is 2.33 bits per heavy atom. The Hall–Kier alpha value is -0.860. The van der Waals surface area contributed by atoms with E-state index in [0.717, 1.165) is 17.7 Å². The topological polar surface area (TPSA) is 20.2 Å². The molecule has 0 bridgehead atoms. The van der Waals surface area contributed by atoms with E-state index in [-0.39, 0.29) is 5.41 Å². The van der Waals surface area contributed by atoms with Gasteiger partial charge in [0.2, 0.25) is 0 Å². The molecule has 0 aliphatic heterocycles. The van der Waals surface area contributed by atoms with Crippen LogP contribution in [-0.2, 0) is 5.60 Å². The van der Waals surface area contributed by atoms with Gasteiger partial charge in [0.05, 0.1) is 5.60 Å². The van der Waals surface area contributed by atoms with E-state index >= 15 is 0 Å². The third kappa shape index (κ3) is 3.12. The van der Waals surface area contributed by atoms with E-state index in [1.807, 2.05) is 19.1 Å². The molecule has 0 fully saturated rings. The lowest BCUT2D eigenvalue weighted by Gasteiger charge is -2.26. The second kappa shape index (κ2) is 4.67. The molecule has 0 saturated heterocycles. The van der Waals surface area contributed by atoms with E-state index in [0.29, 0.717) is 0 Å². The van der Waals surface area contributed by atoms with Gasteiger partial charge in [-0.15, -0.1) is 11.3 Å². The Morgan fingerprint density at radius 1 is 1.06 bits per heavy atom. The van der Waals surface area contributed by atoms with E-state index in [4.69, 9.17) is 0 Å². The zero-order chi connectivity index (χ0) is 13.4. The summed E-state index contributed by atoms with van der Waals surface area (Å²) < 4.78 is 1.25. The summed E-state index contributed by atoms with van der Waals surface area (Å²) in [6, 6.07) is 10.4. The lowest BCUT2D eigenvalue weighted by Crippen LogP contribution is -2.22. The van der Waals surface area contributed by atoms with Crippen LogP contribution in [0, 0.1) is 5.41 Å². The fourth-order valence-electron chi connectivity index (χ4n) is 1.99. The van der Waals surface area contributed by atoms with Crippen LogP contribution in [-0.4, -0.2) is 5.11 Å². The van der Waals surface area contributed by atoms with Crippen molar-refractivity contribution in [2.75, 3.05) is 0 Å². The first-order valence-electron chi connectivity index (χ1n) is 6.49. The lowest BCUT2D eigenvalue weighted by molar-refractivity contribution is 0.0395. The number of thiophene rings is 1. The highest BCUT2D eigenvalue weighted by Gasteiger charge is 2.27. The maximum absolute atomic E-state index is 10.7. The first kappa shape index (κ1) is 13.6. The number of hydrogen-bond donors (Lipinski definition) is 1. The third-order valence-electron chi connectivity index (χ3n) is 3.32. The molecule has 0 aliphatic rings. The zero-order valence-electron chi connectivity index (χ0n) is 11.7. The molecule has 98 valence electrons.